The van der Waals surface area contributed by atoms with Crippen molar-refractivity contribution in [3.63, 3.8) is 0 Å². The van der Waals surface area contributed by atoms with E-state index in [-0.39, 0.29) is 12.0 Å². The van der Waals surface area contributed by atoms with Crippen LogP contribution in [-0.2, 0) is 0 Å². The van der Waals surface area contributed by atoms with Crippen molar-refractivity contribution >= 4 is 13.3 Å². The van der Waals surface area contributed by atoms with Crippen LogP contribution in [0.25, 0.3) is 0 Å². The van der Waals surface area contributed by atoms with Gasteiger partial charge in [-0.15, -0.1) is 0 Å². The van der Waals surface area contributed by atoms with Crippen molar-refractivity contribution in [2.45, 2.75) is 44.5 Å². The van der Waals surface area contributed by atoms with Gasteiger partial charge >= 0.3 is 0 Å². The molecule has 0 aliphatic rings. The van der Waals surface area contributed by atoms with Crippen LogP contribution >= 0.6 is 0 Å². The number of rotatable bonds is 7. The van der Waals surface area contributed by atoms with Gasteiger partial charge in [-0.05, 0) is 25.0 Å². The molecular weight excluding hydrogens is 296 g/mol. The minimum absolute atomic E-state index is 0.228. The van der Waals surface area contributed by atoms with E-state index in [2.05, 4.69) is 74.3 Å². The van der Waals surface area contributed by atoms with Gasteiger partial charge in [-0.2, -0.15) is 0 Å². The van der Waals surface area contributed by atoms with Crippen molar-refractivity contribution < 1.29 is 5.11 Å². The van der Waals surface area contributed by atoms with Gasteiger partial charge in [-0.1, -0.05) is 91.1 Å². The fraction of sp³-hybridized carbons (Fsp3) is 0.333. The SMILES string of the molecule is C=C(C[Si](C)(C)c1ccccc1)C(CC(C)O)c1ccccc1. The van der Waals surface area contributed by atoms with Gasteiger partial charge in [0.1, 0.15) is 0 Å². The van der Waals surface area contributed by atoms with Crippen LogP contribution < -0.4 is 5.19 Å². The molecule has 0 saturated heterocycles. The Morgan fingerprint density at radius 1 is 1.00 bits per heavy atom. The lowest BCUT2D eigenvalue weighted by Gasteiger charge is -2.29. The number of hydrogen-bond acceptors (Lipinski definition) is 1. The average molecular weight is 325 g/mol. The zero-order valence-corrected chi connectivity index (χ0v) is 15.5. The van der Waals surface area contributed by atoms with E-state index in [0.29, 0.717) is 0 Å². The Bertz CT molecular complexity index is 617. The molecule has 1 N–H and O–H groups in total. The summed E-state index contributed by atoms with van der Waals surface area (Å²) < 4.78 is 0. The first-order valence-electron chi connectivity index (χ1n) is 8.36. The molecular formula is C21H28OSi. The maximum absolute atomic E-state index is 9.92. The highest BCUT2D eigenvalue weighted by Gasteiger charge is 2.28. The van der Waals surface area contributed by atoms with Crippen molar-refractivity contribution in [3.8, 4) is 0 Å². The van der Waals surface area contributed by atoms with Gasteiger partial charge in [0, 0.05) is 5.92 Å². The van der Waals surface area contributed by atoms with Crippen LogP contribution in [0.3, 0.4) is 0 Å². The third kappa shape index (κ3) is 4.92. The van der Waals surface area contributed by atoms with Gasteiger partial charge in [0.2, 0.25) is 0 Å². The maximum atomic E-state index is 9.92. The standard InChI is InChI=1S/C21H28OSi/c1-17(16-23(3,4)20-13-9-6-10-14-20)21(15-18(2)22)19-11-7-5-8-12-19/h5-14,18,21-22H,1,15-16H2,2-4H3. The van der Waals surface area contributed by atoms with Crippen LogP contribution in [0, 0.1) is 0 Å². The monoisotopic (exact) mass is 324 g/mol. The largest absolute Gasteiger partial charge is 0.393 e. The van der Waals surface area contributed by atoms with E-state index in [1.165, 1.54) is 16.3 Å². The average Bonchev–Trinajstić information content (AvgIpc) is 2.53. The summed E-state index contributed by atoms with van der Waals surface area (Å²) in [5.41, 5.74) is 2.51. The van der Waals surface area contributed by atoms with Gasteiger partial charge in [-0.3, -0.25) is 0 Å². The van der Waals surface area contributed by atoms with Crippen LogP contribution in [0.4, 0.5) is 0 Å². The molecule has 0 heterocycles. The quantitative estimate of drug-likeness (QED) is 0.577. The van der Waals surface area contributed by atoms with E-state index in [1.807, 2.05) is 13.0 Å². The minimum atomic E-state index is -1.57. The maximum Gasteiger partial charge on any atom is 0.0846 e. The Balaban J connectivity index is 2.21. The Hall–Kier alpha value is -1.64. The van der Waals surface area contributed by atoms with E-state index < -0.39 is 8.07 Å². The van der Waals surface area contributed by atoms with Crippen molar-refractivity contribution in [2.24, 2.45) is 0 Å². The lowest BCUT2D eigenvalue weighted by Crippen LogP contribution is -2.41. The van der Waals surface area contributed by atoms with Gasteiger partial charge < -0.3 is 5.11 Å². The number of allylic oxidation sites excluding steroid dienone is 1. The molecule has 2 heteroatoms. The second kappa shape index (κ2) is 7.76. The topological polar surface area (TPSA) is 20.2 Å². The fourth-order valence-corrected chi connectivity index (χ4v) is 5.93. The van der Waals surface area contributed by atoms with Crippen LogP contribution in [-0.4, -0.2) is 19.3 Å². The minimum Gasteiger partial charge on any atom is -0.393 e. The van der Waals surface area contributed by atoms with Crippen LogP contribution in [0.5, 0.6) is 0 Å². The molecule has 2 unspecified atom stereocenters. The summed E-state index contributed by atoms with van der Waals surface area (Å²) in [6, 6.07) is 22.3. The normalized spacial score (nSPS) is 14.3. The molecule has 0 fully saturated rings. The van der Waals surface area contributed by atoms with E-state index in [9.17, 15) is 5.11 Å². The van der Waals surface area contributed by atoms with Crippen molar-refractivity contribution in [2.75, 3.05) is 0 Å². The Labute approximate surface area is 141 Å². The second-order valence-electron chi connectivity index (χ2n) is 7.13. The van der Waals surface area contributed by atoms with E-state index in [1.54, 1.807) is 0 Å². The smallest absolute Gasteiger partial charge is 0.0846 e. The third-order valence-corrected chi connectivity index (χ3v) is 7.73. The molecule has 2 rings (SSSR count). The molecule has 122 valence electrons. The van der Waals surface area contributed by atoms with Crippen LogP contribution in [0.1, 0.15) is 24.8 Å². The molecule has 2 aromatic rings. The van der Waals surface area contributed by atoms with E-state index >= 15 is 0 Å². The number of aliphatic hydroxyl groups is 1. The second-order valence-corrected chi connectivity index (χ2v) is 11.8. The molecule has 0 radical (unpaired) electrons. The molecule has 1 nitrogen and oxygen atoms in total. The van der Waals surface area contributed by atoms with E-state index in [0.717, 1.165) is 12.5 Å². The summed E-state index contributed by atoms with van der Waals surface area (Å²) >= 11 is 0. The third-order valence-electron chi connectivity index (χ3n) is 4.50. The summed E-state index contributed by atoms with van der Waals surface area (Å²) in [6.45, 7) is 11.1. The lowest BCUT2D eigenvalue weighted by atomic mass is 9.88. The van der Waals surface area contributed by atoms with E-state index in [4.69, 9.17) is 0 Å². The lowest BCUT2D eigenvalue weighted by molar-refractivity contribution is 0.178. The molecule has 0 saturated carbocycles. The van der Waals surface area contributed by atoms with Gasteiger partial charge in [0.25, 0.3) is 0 Å². The Morgan fingerprint density at radius 2 is 1.52 bits per heavy atom. The van der Waals surface area contributed by atoms with Gasteiger partial charge in [-0.25, -0.2) is 0 Å². The molecule has 0 amide bonds. The first kappa shape index (κ1) is 17.7. The van der Waals surface area contributed by atoms with Crippen molar-refractivity contribution in [1.82, 2.24) is 0 Å². The summed E-state index contributed by atoms with van der Waals surface area (Å²) in [4.78, 5) is 0. The molecule has 0 spiro atoms. The number of hydrogen-bond donors (Lipinski definition) is 1. The fourth-order valence-electron chi connectivity index (χ4n) is 3.25. The molecule has 2 aromatic carbocycles. The van der Waals surface area contributed by atoms with Gasteiger partial charge in [0.15, 0.2) is 0 Å². The highest BCUT2D eigenvalue weighted by Crippen LogP contribution is 2.33. The molecule has 0 aliphatic carbocycles. The molecule has 0 bridgehead atoms. The summed E-state index contributed by atoms with van der Waals surface area (Å²) in [5, 5.41) is 11.4. The van der Waals surface area contributed by atoms with Crippen molar-refractivity contribution in [3.05, 3.63) is 78.4 Å². The predicted octanol–water partition coefficient (Wildman–Crippen LogP) is 4.71. The summed E-state index contributed by atoms with van der Waals surface area (Å²) in [7, 11) is -1.57. The highest BCUT2D eigenvalue weighted by molar-refractivity contribution is 6.90. The zero-order chi connectivity index (χ0) is 16.9. The van der Waals surface area contributed by atoms with Gasteiger partial charge in [0.05, 0.1) is 14.2 Å². The summed E-state index contributed by atoms with van der Waals surface area (Å²) in [5.74, 6) is 0.228. The molecule has 2 atom stereocenters. The summed E-state index contributed by atoms with van der Waals surface area (Å²) in [6.07, 6.45) is 0.417. The molecule has 23 heavy (non-hydrogen) atoms. The van der Waals surface area contributed by atoms with Crippen LogP contribution in [0.2, 0.25) is 19.1 Å². The molecule has 0 aliphatic heterocycles. The predicted molar refractivity (Wildman–Crippen MR) is 103 cm³/mol. The Morgan fingerprint density at radius 3 is 2.04 bits per heavy atom. The van der Waals surface area contributed by atoms with Crippen molar-refractivity contribution in [1.29, 1.82) is 0 Å². The van der Waals surface area contributed by atoms with Crippen LogP contribution in [0.15, 0.2) is 72.8 Å². The highest BCUT2D eigenvalue weighted by atomic mass is 28.3. The number of aliphatic hydroxyl groups excluding tert-OH is 1. The zero-order valence-electron chi connectivity index (χ0n) is 14.5. The Kier molecular flexibility index (Phi) is 5.97. The first-order valence-corrected chi connectivity index (χ1v) is 11.6. The number of benzene rings is 2. The molecule has 0 aromatic heterocycles. The first-order chi connectivity index (χ1) is 10.9.